The molecule has 5 nitrogen and oxygen atoms in total. The molecule has 0 saturated carbocycles. The van der Waals surface area contributed by atoms with E-state index in [-0.39, 0.29) is 5.56 Å². The van der Waals surface area contributed by atoms with E-state index in [0.29, 0.717) is 21.6 Å². The lowest BCUT2D eigenvalue weighted by Gasteiger charge is -2.12. The van der Waals surface area contributed by atoms with Crippen molar-refractivity contribution in [3.05, 3.63) is 28.2 Å². The van der Waals surface area contributed by atoms with Crippen LogP contribution in [0.3, 0.4) is 0 Å². The molecule has 1 N–H and O–H groups in total. The predicted molar refractivity (Wildman–Crippen MR) is 83.3 cm³/mol. The van der Waals surface area contributed by atoms with E-state index in [1.807, 2.05) is 23.6 Å². The second-order valence-electron chi connectivity index (χ2n) is 5.19. The third-order valence-electron chi connectivity index (χ3n) is 3.19. The highest BCUT2D eigenvalue weighted by molar-refractivity contribution is 7.18. The molecule has 0 saturated heterocycles. The highest BCUT2D eigenvalue weighted by Gasteiger charge is 2.13. The normalized spacial score (nSPS) is 11.1. The van der Waals surface area contributed by atoms with Gasteiger partial charge in [-0.25, -0.2) is 0 Å². The Labute approximate surface area is 122 Å². The Morgan fingerprint density at radius 2 is 2.10 bits per heavy atom. The Morgan fingerprint density at radius 3 is 2.70 bits per heavy atom. The maximum absolute atomic E-state index is 12.6. The van der Waals surface area contributed by atoms with Crippen LogP contribution in [0.1, 0.15) is 26.0 Å². The summed E-state index contributed by atoms with van der Waals surface area (Å²) in [6.07, 6.45) is 0.988. The van der Waals surface area contributed by atoms with E-state index >= 15 is 0 Å². The average Bonchev–Trinajstić information content (AvgIpc) is 2.87. The number of anilines is 1. The third kappa shape index (κ3) is 3.07. The summed E-state index contributed by atoms with van der Waals surface area (Å²) in [6, 6.07) is 3.81. The summed E-state index contributed by atoms with van der Waals surface area (Å²) < 4.78 is 1.83. The van der Waals surface area contributed by atoms with Crippen molar-refractivity contribution >= 4 is 16.5 Å². The molecule has 0 radical (unpaired) electrons. The van der Waals surface area contributed by atoms with Gasteiger partial charge < -0.3 is 9.88 Å². The molecule has 0 atom stereocenters. The van der Waals surface area contributed by atoms with Crippen molar-refractivity contribution in [2.45, 2.75) is 33.7 Å². The van der Waals surface area contributed by atoms with Crippen LogP contribution in [-0.2, 0) is 6.54 Å². The molecular formula is C14H20N4OS. The van der Waals surface area contributed by atoms with Crippen LogP contribution >= 0.6 is 11.3 Å². The van der Waals surface area contributed by atoms with E-state index in [4.69, 9.17) is 0 Å². The zero-order valence-corrected chi connectivity index (χ0v) is 13.1. The zero-order valence-electron chi connectivity index (χ0n) is 12.3. The molecule has 108 valence electrons. The molecule has 0 amide bonds. The number of hydrogen-bond acceptors (Lipinski definition) is 5. The van der Waals surface area contributed by atoms with E-state index in [1.54, 1.807) is 7.05 Å². The van der Waals surface area contributed by atoms with Crippen LogP contribution in [0.2, 0.25) is 0 Å². The standard InChI is InChI=1S/C14H20N4OS/c1-9(2)7-8-18-10(3)5-6-11(13(18)19)12-16-17-14(15-4)20-12/h5-6,9H,7-8H2,1-4H3,(H,15,17). The minimum atomic E-state index is 0.0180. The Balaban J connectivity index is 2.40. The lowest BCUT2D eigenvalue weighted by Crippen LogP contribution is -2.24. The van der Waals surface area contributed by atoms with Crippen molar-refractivity contribution in [2.24, 2.45) is 5.92 Å². The second-order valence-corrected chi connectivity index (χ2v) is 6.17. The van der Waals surface area contributed by atoms with Crippen LogP contribution in [-0.4, -0.2) is 21.8 Å². The molecule has 0 bridgehead atoms. The number of rotatable bonds is 5. The van der Waals surface area contributed by atoms with Gasteiger partial charge in [0, 0.05) is 19.3 Å². The van der Waals surface area contributed by atoms with Crippen molar-refractivity contribution in [1.82, 2.24) is 14.8 Å². The predicted octanol–water partition coefficient (Wildman–Crippen LogP) is 2.76. The van der Waals surface area contributed by atoms with E-state index in [1.165, 1.54) is 11.3 Å². The monoisotopic (exact) mass is 292 g/mol. The van der Waals surface area contributed by atoms with Crippen molar-refractivity contribution in [3.63, 3.8) is 0 Å². The van der Waals surface area contributed by atoms with Crippen molar-refractivity contribution in [1.29, 1.82) is 0 Å². The summed E-state index contributed by atoms with van der Waals surface area (Å²) in [5, 5.41) is 12.4. The van der Waals surface area contributed by atoms with Gasteiger partial charge in [0.1, 0.15) is 0 Å². The topological polar surface area (TPSA) is 59.8 Å². The molecule has 0 aromatic carbocycles. The lowest BCUT2D eigenvalue weighted by atomic mass is 10.1. The summed E-state index contributed by atoms with van der Waals surface area (Å²) in [5.74, 6) is 0.572. The summed E-state index contributed by atoms with van der Waals surface area (Å²) >= 11 is 1.39. The summed E-state index contributed by atoms with van der Waals surface area (Å²) in [4.78, 5) is 12.6. The Morgan fingerprint density at radius 1 is 1.35 bits per heavy atom. The van der Waals surface area contributed by atoms with Crippen molar-refractivity contribution in [2.75, 3.05) is 12.4 Å². The first-order valence-electron chi connectivity index (χ1n) is 6.75. The van der Waals surface area contributed by atoms with Gasteiger partial charge in [0.05, 0.1) is 5.56 Å². The minimum Gasteiger partial charge on any atom is -0.363 e. The second kappa shape index (κ2) is 6.17. The van der Waals surface area contributed by atoms with Crippen LogP contribution < -0.4 is 10.9 Å². The lowest BCUT2D eigenvalue weighted by molar-refractivity contribution is 0.502. The summed E-state index contributed by atoms with van der Waals surface area (Å²) in [7, 11) is 1.79. The quantitative estimate of drug-likeness (QED) is 0.920. The number of aromatic nitrogens is 3. The Kier molecular flexibility index (Phi) is 4.54. The van der Waals surface area contributed by atoms with Crippen LogP contribution in [0.15, 0.2) is 16.9 Å². The van der Waals surface area contributed by atoms with Gasteiger partial charge in [-0.05, 0) is 31.4 Å². The molecule has 0 aliphatic rings. The molecular weight excluding hydrogens is 272 g/mol. The molecule has 2 rings (SSSR count). The molecule has 2 aromatic rings. The first kappa shape index (κ1) is 14.7. The molecule has 2 aromatic heterocycles. The molecule has 20 heavy (non-hydrogen) atoms. The third-order valence-corrected chi connectivity index (χ3v) is 4.17. The van der Waals surface area contributed by atoms with Crippen LogP contribution in [0, 0.1) is 12.8 Å². The molecule has 0 fully saturated rings. The van der Waals surface area contributed by atoms with Gasteiger partial charge in [-0.3, -0.25) is 4.79 Å². The first-order chi connectivity index (χ1) is 9.52. The first-order valence-corrected chi connectivity index (χ1v) is 7.56. The van der Waals surface area contributed by atoms with E-state index in [9.17, 15) is 4.79 Å². The smallest absolute Gasteiger partial charge is 0.261 e. The van der Waals surface area contributed by atoms with Crippen LogP contribution in [0.25, 0.3) is 10.6 Å². The number of hydrogen-bond donors (Lipinski definition) is 1. The van der Waals surface area contributed by atoms with Crippen LogP contribution in [0.4, 0.5) is 5.13 Å². The van der Waals surface area contributed by atoms with Gasteiger partial charge in [0.25, 0.3) is 5.56 Å². The van der Waals surface area contributed by atoms with Gasteiger partial charge >= 0.3 is 0 Å². The Bertz CT molecular complexity index is 645. The molecule has 0 spiro atoms. The highest BCUT2D eigenvalue weighted by atomic mass is 32.1. The number of aryl methyl sites for hydroxylation is 1. The molecule has 0 unspecified atom stereocenters. The van der Waals surface area contributed by atoms with Gasteiger partial charge in [-0.1, -0.05) is 25.2 Å². The van der Waals surface area contributed by atoms with E-state index < -0.39 is 0 Å². The summed E-state index contributed by atoms with van der Waals surface area (Å²) in [5.41, 5.74) is 1.63. The molecule has 6 heteroatoms. The maximum atomic E-state index is 12.6. The van der Waals surface area contributed by atoms with Crippen molar-refractivity contribution in [3.8, 4) is 10.6 Å². The SMILES string of the molecule is CNc1nnc(-c2ccc(C)n(CCC(C)C)c2=O)s1. The van der Waals surface area contributed by atoms with Gasteiger partial charge in [0.15, 0.2) is 5.01 Å². The molecule has 0 aliphatic heterocycles. The van der Waals surface area contributed by atoms with E-state index in [2.05, 4.69) is 29.4 Å². The Hall–Kier alpha value is -1.69. The number of nitrogens with zero attached hydrogens (tertiary/aromatic N) is 3. The van der Waals surface area contributed by atoms with E-state index in [0.717, 1.165) is 18.7 Å². The van der Waals surface area contributed by atoms with Crippen molar-refractivity contribution < 1.29 is 0 Å². The molecule has 2 heterocycles. The van der Waals surface area contributed by atoms with Gasteiger partial charge in [-0.2, -0.15) is 0 Å². The fourth-order valence-electron chi connectivity index (χ4n) is 1.93. The fraction of sp³-hybridized carbons (Fsp3) is 0.500. The zero-order chi connectivity index (χ0) is 14.7. The number of nitrogens with one attached hydrogen (secondary N) is 1. The summed E-state index contributed by atoms with van der Waals surface area (Å²) in [6.45, 7) is 7.03. The average molecular weight is 292 g/mol. The molecule has 0 aliphatic carbocycles. The van der Waals surface area contributed by atoms with Crippen LogP contribution in [0.5, 0.6) is 0 Å². The maximum Gasteiger partial charge on any atom is 0.261 e. The van der Waals surface area contributed by atoms with Gasteiger partial charge in [0.2, 0.25) is 5.13 Å². The van der Waals surface area contributed by atoms with Gasteiger partial charge in [-0.15, -0.1) is 10.2 Å². The fourth-order valence-corrected chi connectivity index (χ4v) is 2.65. The number of pyridine rings is 1. The largest absolute Gasteiger partial charge is 0.363 e. The highest BCUT2D eigenvalue weighted by Crippen LogP contribution is 2.23. The minimum absolute atomic E-state index is 0.0180.